The van der Waals surface area contributed by atoms with Crippen LogP contribution in [-0.2, 0) is 9.53 Å². The van der Waals surface area contributed by atoms with Crippen LogP contribution in [0.15, 0.2) is 34.4 Å². The molecule has 1 aromatic heterocycles. The number of aryl methyl sites for hydroxylation is 1. The van der Waals surface area contributed by atoms with Crippen LogP contribution in [0.3, 0.4) is 0 Å². The molecule has 1 fully saturated rings. The Morgan fingerprint density at radius 3 is 2.34 bits per heavy atom. The summed E-state index contributed by atoms with van der Waals surface area (Å²) in [6.45, 7) is 9.64. The van der Waals surface area contributed by atoms with Gasteiger partial charge >= 0.3 is 0 Å². The van der Waals surface area contributed by atoms with Crippen molar-refractivity contribution in [3.8, 4) is 0 Å². The summed E-state index contributed by atoms with van der Waals surface area (Å²) in [7, 11) is 2.02. The Kier molecular flexibility index (Phi) is 8.05. The molecule has 0 saturated carbocycles. The van der Waals surface area contributed by atoms with Crippen LogP contribution in [0.2, 0.25) is 5.02 Å². The van der Waals surface area contributed by atoms with Crippen molar-refractivity contribution in [2.24, 2.45) is 10.1 Å². The number of fused-ring (bicyclic) bond motifs is 3. The average Bonchev–Trinajstić information content (AvgIpc) is 3.10. The van der Waals surface area contributed by atoms with Gasteiger partial charge in [0.2, 0.25) is 0 Å². The fraction of sp³-hybridized carbons (Fsp3) is 0.435. The third kappa shape index (κ3) is 5.04. The number of carbonyl (C=O) groups excluding carboxylic acids is 1. The highest BCUT2D eigenvalue weighted by molar-refractivity contribution is 7.17. The molecule has 9 heteroatoms. The Morgan fingerprint density at radius 2 is 1.81 bits per heavy atom. The first-order valence-electron chi connectivity index (χ1n) is 10.4. The zero-order chi connectivity index (χ0) is 23.4. The number of benzene rings is 1. The molecule has 0 radical (unpaired) electrons. The van der Waals surface area contributed by atoms with Crippen LogP contribution in [0, 0.1) is 13.8 Å². The van der Waals surface area contributed by atoms with Crippen LogP contribution in [-0.4, -0.2) is 67.0 Å². The van der Waals surface area contributed by atoms with Crippen molar-refractivity contribution >= 4 is 45.8 Å². The van der Waals surface area contributed by atoms with Gasteiger partial charge in [-0.05, 0) is 45.4 Å². The Bertz CT molecular complexity index is 1010. The van der Waals surface area contributed by atoms with Gasteiger partial charge in [-0.15, -0.1) is 11.3 Å². The zero-order valence-corrected chi connectivity index (χ0v) is 20.6. The first-order valence-corrected chi connectivity index (χ1v) is 11.6. The summed E-state index contributed by atoms with van der Waals surface area (Å²) < 4.78 is 4.58. The van der Waals surface area contributed by atoms with Gasteiger partial charge in [-0.3, -0.25) is 14.9 Å². The molecule has 172 valence electrons. The molecule has 0 bridgehead atoms. The number of hydrazone groups is 1. The van der Waals surface area contributed by atoms with E-state index in [2.05, 4.69) is 47.6 Å². The lowest BCUT2D eigenvalue weighted by Gasteiger charge is -2.26. The highest BCUT2D eigenvalue weighted by Crippen LogP contribution is 2.41. The fourth-order valence-corrected chi connectivity index (χ4v) is 4.96. The monoisotopic (exact) mass is 476 g/mol. The number of thiophene rings is 1. The number of aliphatic imine (C=N–C) groups is 1. The van der Waals surface area contributed by atoms with Gasteiger partial charge in [0.25, 0.3) is 0 Å². The number of anilines is 1. The number of amidine groups is 1. The number of likely N-dealkylation sites (N-methyl/N-ethyl adjacent to an activating group) is 1. The standard InChI is InChI=1S/C18H19ClN4S.C3H6O2.C2H4O/c1-10-11(2)24-18-16(10)17(13-5-7-14(19)8-6-13)20-9-15-22(4)21-12(3)23(15)18;4-3-1-5-2-3;1-2-3/h5-8,15H,9H2,1-4H3;3-4H,1-2H2;2H,1H3. The fourth-order valence-electron chi connectivity index (χ4n) is 3.58. The van der Waals surface area contributed by atoms with Gasteiger partial charge in [-0.25, -0.2) is 0 Å². The number of rotatable bonds is 1. The summed E-state index contributed by atoms with van der Waals surface area (Å²) in [4.78, 5) is 17.4. The lowest BCUT2D eigenvalue weighted by atomic mass is 10.00. The van der Waals surface area contributed by atoms with Gasteiger partial charge in [0.15, 0.2) is 0 Å². The Morgan fingerprint density at radius 1 is 1.22 bits per heavy atom. The summed E-state index contributed by atoms with van der Waals surface area (Å²) in [5.74, 6) is 1.03. The van der Waals surface area contributed by atoms with E-state index in [4.69, 9.17) is 26.5 Å². The SMILES string of the molecule is CC1=NN(C)C2CN=C(c3ccc(Cl)cc3)c3c(sc(C)c3C)N12.CC=O.OC1COC1. The van der Waals surface area contributed by atoms with Crippen LogP contribution >= 0.6 is 22.9 Å². The number of nitrogens with zero attached hydrogens (tertiary/aromatic N) is 4. The van der Waals surface area contributed by atoms with Crippen LogP contribution in [0.4, 0.5) is 5.00 Å². The van der Waals surface area contributed by atoms with Gasteiger partial charge in [0.05, 0.1) is 25.5 Å². The number of hydrogen-bond acceptors (Lipinski definition) is 8. The molecule has 4 heterocycles. The van der Waals surface area contributed by atoms with Crippen LogP contribution in [0.1, 0.15) is 35.4 Å². The molecule has 1 saturated heterocycles. The van der Waals surface area contributed by atoms with Crippen molar-refractivity contribution in [1.29, 1.82) is 0 Å². The molecule has 32 heavy (non-hydrogen) atoms. The Balaban J connectivity index is 0.000000308. The quantitative estimate of drug-likeness (QED) is 0.632. The largest absolute Gasteiger partial charge is 0.388 e. The minimum Gasteiger partial charge on any atom is -0.388 e. The van der Waals surface area contributed by atoms with E-state index in [9.17, 15) is 0 Å². The number of aliphatic hydroxyl groups excluding tert-OH is 1. The predicted octanol–water partition coefficient (Wildman–Crippen LogP) is 3.86. The predicted molar refractivity (Wildman–Crippen MR) is 131 cm³/mol. The van der Waals surface area contributed by atoms with E-state index in [0.717, 1.165) is 28.4 Å². The second kappa shape index (κ2) is 10.6. The number of ether oxygens (including phenoxy) is 1. The molecule has 3 aliphatic heterocycles. The number of aldehydes is 1. The normalized spacial score (nSPS) is 19.2. The third-order valence-electron chi connectivity index (χ3n) is 5.35. The Hall–Kier alpha value is -2.26. The van der Waals surface area contributed by atoms with E-state index in [-0.39, 0.29) is 12.3 Å². The van der Waals surface area contributed by atoms with E-state index < -0.39 is 0 Å². The van der Waals surface area contributed by atoms with Gasteiger partial charge in [0.1, 0.15) is 29.4 Å². The molecular weight excluding hydrogens is 448 g/mol. The van der Waals surface area contributed by atoms with Gasteiger partial charge < -0.3 is 14.6 Å². The summed E-state index contributed by atoms with van der Waals surface area (Å²) in [6, 6.07) is 7.97. The molecule has 0 aliphatic carbocycles. The molecule has 5 rings (SSSR count). The minimum absolute atomic E-state index is 0.144. The molecule has 3 aliphatic rings. The van der Waals surface area contributed by atoms with E-state index in [1.807, 2.05) is 35.5 Å². The summed E-state index contributed by atoms with van der Waals surface area (Å²) in [5.41, 5.74) is 4.69. The maximum atomic E-state index is 8.81. The molecule has 1 atom stereocenters. The van der Waals surface area contributed by atoms with Crippen molar-refractivity contribution in [2.45, 2.75) is 40.0 Å². The summed E-state index contributed by atoms with van der Waals surface area (Å²) in [5, 5.41) is 16.9. The molecule has 0 amide bonds. The van der Waals surface area contributed by atoms with E-state index >= 15 is 0 Å². The van der Waals surface area contributed by atoms with Gasteiger partial charge in [-0.2, -0.15) is 5.10 Å². The average molecular weight is 477 g/mol. The second-order valence-corrected chi connectivity index (χ2v) is 9.30. The van der Waals surface area contributed by atoms with Gasteiger partial charge in [0, 0.05) is 28.1 Å². The second-order valence-electron chi connectivity index (χ2n) is 7.66. The van der Waals surface area contributed by atoms with Gasteiger partial charge in [-0.1, -0.05) is 23.7 Å². The number of aliphatic hydroxyl groups is 1. The van der Waals surface area contributed by atoms with Crippen molar-refractivity contribution in [3.05, 3.63) is 50.9 Å². The molecule has 1 aromatic carbocycles. The van der Waals surface area contributed by atoms with Crippen molar-refractivity contribution in [1.82, 2.24) is 5.01 Å². The zero-order valence-electron chi connectivity index (χ0n) is 19.0. The van der Waals surface area contributed by atoms with Crippen molar-refractivity contribution in [2.75, 3.05) is 31.7 Å². The van der Waals surface area contributed by atoms with Crippen LogP contribution in [0.25, 0.3) is 0 Å². The van der Waals surface area contributed by atoms with E-state index in [0.29, 0.717) is 19.8 Å². The molecule has 1 N–H and O–H groups in total. The first kappa shape index (κ1) is 24.4. The van der Waals surface area contributed by atoms with Crippen molar-refractivity contribution < 1.29 is 14.6 Å². The van der Waals surface area contributed by atoms with Crippen molar-refractivity contribution in [3.63, 3.8) is 0 Å². The maximum Gasteiger partial charge on any atom is 0.143 e. The van der Waals surface area contributed by atoms with E-state index in [1.165, 1.54) is 27.9 Å². The topological polar surface area (TPSA) is 77.7 Å². The molecule has 7 nitrogen and oxygen atoms in total. The maximum absolute atomic E-state index is 8.81. The minimum atomic E-state index is -0.157. The lowest BCUT2D eigenvalue weighted by Crippen LogP contribution is -2.41. The molecular formula is C23H29ClN4O3S. The molecule has 0 spiro atoms. The molecule has 2 aromatic rings. The highest BCUT2D eigenvalue weighted by atomic mass is 35.5. The first-order chi connectivity index (χ1) is 15.3. The Labute approximate surface area is 198 Å². The summed E-state index contributed by atoms with van der Waals surface area (Å²) in [6.07, 6.45) is 0.737. The lowest BCUT2D eigenvalue weighted by molar-refractivity contribution is -0.106. The smallest absolute Gasteiger partial charge is 0.143 e. The highest BCUT2D eigenvalue weighted by Gasteiger charge is 2.37. The third-order valence-corrected chi connectivity index (χ3v) is 6.81. The number of carbonyl (C=O) groups is 1. The van der Waals surface area contributed by atoms with Crippen LogP contribution < -0.4 is 4.90 Å². The summed E-state index contributed by atoms with van der Waals surface area (Å²) >= 11 is 7.89. The molecule has 1 unspecified atom stereocenters. The van der Waals surface area contributed by atoms with E-state index in [1.54, 1.807) is 0 Å². The van der Waals surface area contributed by atoms with Crippen LogP contribution in [0.5, 0.6) is 0 Å². The number of halogens is 1. The number of hydrogen-bond donors (Lipinski definition) is 1.